The van der Waals surface area contributed by atoms with E-state index in [0.29, 0.717) is 12.4 Å². The Labute approximate surface area is 142 Å². The van der Waals surface area contributed by atoms with E-state index in [1.165, 1.54) is 23.9 Å². The number of ketones is 3. The van der Waals surface area contributed by atoms with Gasteiger partial charge in [-0.15, -0.1) is 11.8 Å². The molecule has 0 spiro atoms. The fraction of sp³-hybridized carbons (Fsp3) is 0.400. The van der Waals surface area contributed by atoms with E-state index in [9.17, 15) is 14.4 Å². The second-order valence-electron chi connectivity index (χ2n) is 4.87. The molecule has 0 aliphatic heterocycles. The molecular weight excluding hydrogens is 347 g/mol. The van der Waals surface area contributed by atoms with Crippen molar-refractivity contribution in [2.24, 2.45) is 5.92 Å². The molecule has 22 heavy (non-hydrogen) atoms. The zero-order valence-corrected chi connectivity index (χ0v) is 14.2. The molecule has 0 saturated heterocycles. The molecule has 2 rings (SSSR count). The van der Waals surface area contributed by atoms with E-state index in [1.807, 2.05) is 6.26 Å². The first-order valence-corrected chi connectivity index (χ1v) is 8.81. The van der Waals surface area contributed by atoms with E-state index in [2.05, 4.69) is 0 Å². The zero-order chi connectivity index (χ0) is 16.3. The van der Waals surface area contributed by atoms with Gasteiger partial charge in [-0.05, 0) is 24.8 Å². The molecular formula is C15H14Cl2O4S. The van der Waals surface area contributed by atoms with Gasteiger partial charge in [-0.2, -0.15) is 0 Å². The number of thioether (sulfide) groups is 1. The molecule has 0 unspecified atom stereocenters. The molecule has 0 aromatic heterocycles. The average molecular weight is 361 g/mol. The lowest BCUT2D eigenvalue weighted by Gasteiger charge is -2.19. The van der Waals surface area contributed by atoms with E-state index < -0.39 is 11.7 Å². The Hall–Kier alpha value is -1.04. The fourth-order valence-corrected chi connectivity index (χ4v) is 3.13. The molecule has 0 radical (unpaired) electrons. The predicted octanol–water partition coefficient (Wildman–Crippen LogP) is 3.81. The highest BCUT2D eigenvalue weighted by Gasteiger charge is 2.37. The number of Topliss-reactive ketones (excluding diaryl/α,β-unsaturated/α-hetero) is 3. The number of carbonyl (C=O) groups excluding carboxylic acids is 3. The maximum atomic E-state index is 12.5. The minimum absolute atomic E-state index is 0.0396. The second-order valence-corrected chi connectivity index (χ2v) is 6.47. The van der Waals surface area contributed by atoms with Crippen molar-refractivity contribution in [3.63, 3.8) is 0 Å². The highest BCUT2D eigenvalue weighted by molar-refractivity contribution is 7.98. The Morgan fingerprint density at radius 3 is 2.50 bits per heavy atom. The third-order valence-corrected chi connectivity index (χ3v) is 4.41. The van der Waals surface area contributed by atoms with Gasteiger partial charge in [-0.3, -0.25) is 14.4 Å². The first kappa shape index (κ1) is 17.3. The minimum Gasteiger partial charge on any atom is -0.480 e. The van der Waals surface area contributed by atoms with Crippen LogP contribution in [0.1, 0.15) is 29.6 Å². The van der Waals surface area contributed by atoms with E-state index in [4.69, 9.17) is 27.9 Å². The summed E-state index contributed by atoms with van der Waals surface area (Å²) in [4.78, 5) is 36.4. The molecule has 4 nitrogen and oxygen atoms in total. The monoisotopic (exact) mass is 360 g/mol. The summed E-state index contributed by atoms with van der Waals surface area (Å²) in [6.45, 7) is 0. The van der Waals surface area contributed by atoms with Gasteiger partial charge < -0.3 is 4.74 Å². The van der Waals surface area contributed by atoms with Crippen molar-refractivity contribution >= 4 is 52.3 Å². The molecule has 1 aliphatic rings. The van der Waals surface area contributed by atoms with Crippen molar-refractivity contribution in [1.82, 2.24) is 0 Å². The Balaban J connectivity index is 2.37. The summed E-state index contributed by atoms with van der Waals surface area (Å²) < 4.78 is 5.43. The van der Waals surface area contributed by atoms with Gasteiger partial charge in [0.25, 0.3) is 0 Å². The molecule has 118 valence electrons. The third-order valence-electron chi connectivity index (χ3n) is 3.39. The summed E-state index contributed by atoms with van der Waals surface area (Å²) in [5.41, 5.74) is 0.0933. The summed E-state index contributed by atoms with van der Waals surface area (Å²) in [5.74, 6) is -2.01. The molecule has 7 heteroatoms. The topological polar surface area (TPSA) is 60.4 Å². The quantitative estimate of drug-likeness (QED) is 0.453. The maximum absolute atomic E-state index is 12.5. The van der Waals surface area contributed by atoms with Crippen LogP contribution in [-0.4, -0.2) is 29.5 Å². The van der Waals surface area contributed by atoms with Gasteiger partial charge in [-0.1, -0.05) is 23.2 Å². The summed E-state index contributed by atoms with van der Waals surface area (Å²) in [5, 5.41) is 0.314. The first-order valence-electron chi connectivity index (χ1n) is 6.66. The van der Waals surface area contributed by atoms with Crippen LogP contribution in [0, 0.1) is 5.92 Å². The number of carbonyl (C=O) groups is 3. The highest BCUT2D eigenvalue weighted by Crippen LogP contribution is 2.37. The van der Waals surface area contributed by atoms with Crippen LogP contribution in [0.4, 0.5) is 0 Å². The predicted molar refractivity (Wildman–Crippen MR) is 87.2 cm³/mol. The summed E-state index contributed by atoms with van der Waals surface area (Å²) in [7, 11) is 0. The lowest BCUT2D eigenvalue weighted by atomic mass is 9.81. The smallest absolute Gasteiger partial charge is 0.182 e. The van der Waals surface area contributed by atoms with Gasteiger partial charge in [0.05, 0.1) is 10.0 Å². The molecule has 0 atom stereocenters. The zero-order valence-electron chi connectivity index (χ0n) is 11.9. The Bertz CT molecular complexity index is 614. The van der Waals surface area contributed by atoms with Gasteiger partial charge >= 0.3 is 0 Å². The summed E-state index contributed by atoms with van der Waals surface area (Å²) in [6.07, 6.45) is 2.82. The van der Waals surface area contributed by atoms with Crippen molar-refractivity contribution < 1.29 is 19.1 Å². The van der Waals surface area contributed by atoms with Crippen LogP contribution in [-0.2, 0) is 9.59 Å². The normalized spacial score (nSPS) is 16.0. The van der Waals surface area contributed by atoms with Crippen molar-refractivity contribution in [2.45, 2.75) is 19.3 Å². The second kappa shape index (κ2) is 7.49. The maximum Gasteiger partial charge on any atom is 0.182 e. The molecule has 0 bridgehead atoms. The molecule has 0 N–H and O–H groups in total. The largest absolute Gasteiger partial charge is 0.480 e. The Morgan fingerprint density at radius 1 is 1.27 bits per heavy atom. The van der Waals surface area contributed by atoms with E-state index in [0.717, 1.165) is 0 Å². The molecule has 1 aromatic rings. The standard InChI is InChI=1S/C15H14Cl2O4S/c1-22-7-21-15-9(16)6-5-8(13(15)17)14(20)12-10(18)3-2-4-11(12)19/h5-6,12H,2-4,7H2,1H3. The number of hydrogen-bond donors (Lipinski definition) is 0. The molecule has 1 aromatic carbocycles. The van der Waals surface area contributed by atoms with Crippen LogP contribution < -0.4 is 4.74 Å². The molecule has 0 heterocycles. The minimum atomic E-state index is -1.25. The van der Waals surface area contributed by atoms with Gasteiger partial charge in [0.15, 0.2) is 23.1 Å². The van der Waals surface area contributed by atoms with Crippen molar-refractivity contribution in [2.75, 3.05) is 12.2 Å². The number of benzene rings is 1. The van der Waals surface area contributed by atoms with Crippen LogP contribution in [0.25, 0.3) is 0 Å². The molecule has 1 fully saturated rings. The van der Waals surface area contributed by atoms with Crippen LogP contribution in [0.5, 0.6) is 5.75 Å². The number of hydrogen-bond acceptors (Lipinski definition) is 5. The van der Waals surface area contributed by atoms with Gasteiger partial charge in [-0.25, -0.2) is 0 Å². The average Bonchev–Trinajstić information content (AvgIpc) is 2.47. The SMILES string of the molecule is CSCOc1c(Cl)ccc(C(=O)C2C(=O)CCCC2=O)c1Cl. The van der Waals surface area contributed by atoms with Crippen LogP contribution in [0.15, 0.2) is 12.1 Å². The van der Waals surface area contributed by atoms with Crippen LogP contribution in [0.2, 0.25) is 10.0 Å². The van der Waals surface area contributed by atoms with E-state index in [1.54, 1.807) is 0 Å². The lowest BCUT2D eigenvalue weighted by molar-refractivity contribution is -0.133. The van der Waals surface area contributed by atoms with Gasteiger partial charge in [0.2, 0.25) is 0 Å². The fourth-order valence-electron chi connectivity index (χ4n) is 2.33. The Morgan fingerprint density at radius 2 is 1.91 bits per heavy atom. The summed E-state index contributed by atoms with van der Waals surface area (Å²) in [6, 6.07) is 2.90. The van der Waals surface area contributed by atoms with Gasteiger partial charge in [0, 0.05) is 18.4 Å². The summed E-state index contributed by atoms with van der Waals surface area (Å²) >= 11 is 13.6. The molecule has 0 amide bonds. The van der Waals surface area contributed by atoms with Gasteiger partial charge in [0.1, 0.15) is 11.9 Å². The third kappa shape index (κ3) is 3.47. The number of rotatable bonds is 5. The molecule has 1 aliphatic carbocycles. The Kier molecular flexibility index (Phi) is 5.89. The number of ether oxygens (including phenoxy) is 1. The van der Waals surface area contributed by atoms with E-state index in [-0.39, 0.29) is 45.8 Å². The lowest BCUT2D eigenvalue weighted by Crippen LogP contribution is -2.35. The van der Waals surface area contributed by atoms with E-state index >= 15 is 0 Å². The van der Waals surface area contributed by atoms with Crippen molar-refractivity contribution in [1.29, 1.82) is 0 Å². The van der Waals surface area contributed by atoms with Crippen LogP contribution in [0.3, 0.4) is 0 Å². The highest BCUT2D eigenvalue weighted by atomic mass is 35.5. The number of halogens is 2. The van der Waals surface area contributed by atoms with Crippen molar-refractivity contribution in [3.8, 4) is 5.75 Å². The van der Waals surface area contributed by atoms with Crippen LogP contribution >= 0.6 is 35.0 Å². The first-order chi connectivity index (χ1) is 10.5. The molecule has 1 saturated carbocycles. The van der Waals surface area contributed by atoms with Crippen molar-refractivity contribution in [3.05, 3.63) is 27.7 Å².